The summed E-state index contributed by atoms with van der Waals surface area (Å²) in [5.74, 6) is 2.21. The van der Waals surface area contributed by atoms with Crippen LogP contribution in [0, 0.1) is 5.92 Å². The predicted molar refractivity (Wildman–Crippen MR) is 169 cm³/mol. The number of nitrogens with one attached hydrogen (secondary N) is 1. The van der Waals surface area contributed by atoms with Crippen LogP contribution in [0.3, 0.4) is 0 Å². The molecule has 4 nitrogen and oxygen atoms in total. The van der Waals surface area contributed by atoms with Gasteiger partial charge in [0.05, 0.1) is 6.61 Å². The molecule has 214 valence electrons. The predicted octanol–water partition coefficient (Wildman–Crippen LogP) is 8.11. The minimum Gasteiger partial charge on any atom is -0.494 e. The van der Waals surface area contributed by atoms with Crippen molar-refractivity contribution in [2.75, 3.05) is 20.2 Å². The topological polar surface area (TPSA) is 60.2 Å². The number of nitrogens with zero attached hydrogens (tertiary/aromatic N) is 1. The number of benzene rings is 1. The van der Waals surface area contributed by atoms with Gasteiger partial charge < -0.3 is 15.8 Å². The Morgan fingerprint density at radius 3 is 2.33 bits per heavy atom. The maximum Gasteiger partial charge on any atom is 0.119 e. The van der Waals surface area contributed by atoms with Crippen molar-refractivity contribution in [3.63, 3.8) is 0 Å². The van der Waals surface area contributed by atoms with Gasteiger partial charge in [0.2, 0.25) is 0 Å². The number of aryl methyl sites for hydroxylation is 1. The van der Waals surface area contributed by atoms with Gasteiger partial charge in [-0.15, -0.1) is 9.24 Å². The molecule has 39 heavy (non-hydrogen) atoms. The number of unbranched alkanes of at least 4 members (excludes halogenated alkanes) is 7. The van der Waals surface area contributed by atoms with E-state index in [0.717, 1.165) is 51.0 Å². The van der Waals surface area contributed by atoms with Gasteiger partial charge in [-0.05, 0) is 112 Å². The molecular formula is C34H52N3OP. The molecule has 0 spiro atoms. The summed E-state index contributed by atoms with van der Waals surface area (Å²) in [7, 11) is 4.92. The molecule has 1 saturated carbocycles. The number of fused-ring (bicyclic) bond motifs is 1. The molecule has 0 bridgehead atoms. The average Bonchev–Trinajstić information content (AvgIpc) is 2.96. The first kappa shape index (κ1) is 30.2. The van der Waals surface area contributed by atoms with Gasteiger partial charge in [-0.3, -0.25) is 4.98 Å². The Morgan fingerprint density at radius 1 is 0.974 bits per heavy atom. The molecule has 4 rings (SSSR count). The van der Waals surface area contributed by atoms with Crippen LogP contribution in [0.25, 0.3) is 6.08 Å². The van der Waals surface area contributed by atoms with Crippen LogP contribution in [0.1, 0.15) is 119 Å². The smallest absolute Gasteiger partial charge is 0.119 e. The summed E-state index contributed by atoms with van der Waals surface area (Å²) in [5, 5.41) is 4.58. The Balaban J connectivity index is 1.18. The first-order chi connectivity index (χ1) is 19.0. The Kier molecular flexibility index (Phi) is 11.9. The van der Waals surface area contributed by atoms with Crippen LogP contribution < -0.4 is 15.8 Å². The van der Waals surface area contributed by atoms with Gasteiger partial charge >= 0.3 is 0 Å². The maximum atomic E-state index is 7.10. The lowest BCUT2D eigenvalue weighted by atomic mass is 9.68. The first-order valence-electron chi connectivity index (χ1n) is 15.6. The first-order valence-corrected chi connectivity index (χ1v) is 16.2. The van der Waals surface area contributed by atoms with Crippen molar-refractivity contribution < 1.29 is 4.74 Å². The van der Waals surface area contributed by atoms with Gasteiger partial charge in [0.25, 0.3) is 0 Å². The molecule has 0 radical (unpaired) electrons. The third-order valence-electron chi connectivity index (χ3n) is 9.21. The number of allylic oxidation sites excluding steroid dienone is 1. The van der Waals surface area contributed by atoms with Crippen LogP contribution in [0.15, 0.2) is 41.8 Å². The van der Waals surface area contributed by atoms with Crippen LogP contribution in [-0.2, 0) is 12.0 Å². The Hall–Kier alpha value is -1.74. The molecule has 0 amide bonds. The van der Waals surface area contributed by atoms with Crippen molar-refractivity contribution >= 4 is 15.3 Å². The number of hydrogen-bond donors (Lipinski definition) is 2. The highest BCUT2D eigenvalue weighted by molar-refractivity contribution is 7.22. The van der Waals surface area contributed by atoms with E-state index in [1.807, 2.05) is 13.2 Å². The highest BCUT2D eigenvalue weighted by Gasteiger charge is 2.37. The van der Waals surface area contributed by atoms with E-state index < -0.39 is 0 Å². The van der Waals surface area contributed by atoms with Crippen LogP contribution in [-0.4, -0.2) is 25.2 Å². The van der Waals surface area contributed by atoms with E-state index >= 15 is 0 Å². The number of hydrogen-bond acceptors (Lipinski definition) is 4. The third kappa shape index (κ3) is 8.62. The van der Waals surface area contributed by atoms with Gasteiger partial charge in [0.15, 0.2) is 0 Å². The average molecular weight is 550 g/mol. The van der Waals surface area contributed by atoms with Crippen molar-refractivity contribution in [3.8, 4) is 5.75 Å². The minimum atomic E-state index is -0.244. The largest absolute Gasteiger partial charge is 0.494 e. The standard InChI is InChI=1S/C34H52N3OP/c1-26(27-11-13-29(14-12-27)38-24-10-8-6-4-3-5-7-9-22-36-2)28-17-20-34(35,21-18-28)32-19-23-37-33-16-15-30(39)25-31(32)33/h11-14,19,23,25-26,28,36H,3-10,15-18,20-22,24,35,39H2,1-2H3. The van der Waals surface area contributed by atoms with Crippen LogP contribution in [0.5, 0.6) is 5.75 Å². The van der Waals surface area contributed by atoms with Crippen molar-refractivity contribution in [3.05, 3.63) is 64.2 Å². The lowest BCUT2D eigenvalue weighted by Crippen LogP contribution is -2.42. The molecule has 2 aromatic rings. The quantitative estimate of drug-likeness (QED) is 0.174. The van der Waals surface area contributed by atoms with Crippen LogP contribution in [0.2, 0.25) is 0 Å². The third-order valence-corrected chi connectivity index (χ3v) is 9.67. The minimum absolute atomic E-state index is 0.244. The molecular weight excluding hydrogens is 497 g/mol. The van der Waals surface area contributed by atoms with E-state index in [4.69, 9.17) is 10.5 Å². The molecule has 2 aliphatic rings. The fourth-order valence-corrected chi connectivity index (χ4v) is 6.86. The van der Waals surface area contributed by atoms with Crippen molar-refractivity contribution in [1.29, 1.82) is 0 Å². The fraction of sp³-hybridized carbons (Fsp3) is 0.618. The zero-order valence-electron chi connectivity index (χ0n) is 24.5. The molecule has 1 heterocycles. The lowest BCUT2D eigenvalue weighted by molar-refractivity contribution is 0.215. The molecule has 1 aromatic heterocycles. The summed E-state index contributed by atoms with van der Waals surface area (Å²) in [5.41, 5.74) is 12.1. The lowest BCUT2D eigenvalue weighted by Gasteiger charge is -2.41. The Morgan fingerprint density at radius 2 is 1.64 bits per heavy atom. The molecule has 5 heteroatoms. The van der Waals surface area contributed by atoms with Crippen molar-refractivity contribution in [2.24, 2.45) is 11.7 Å². The van der Waals surface area contributed by atoms with Gasteiger partial charge in [0, 0.05) is 23.0 Å². The van der Waals surface area contributed by atoms with E-state index in [2.05, 4.69) is 62.9 Å². The molecule has 2 aliphatic carbocycles. The highest BCUT2D eigenvalue weighted by atomic mass is 31.0. The van der Waals surface area contributed by atoms with E-state index in [1.165, 1.54) is 85.5 Å². The maximum absolute atomic E-state index is 7.10. The molecule has 2 unspecified atom stereocenters. The summed E-state index contributed by atoms with van der Waals surface area (Å²) in [4.78, 5) is 4.66. The van der Waals surface area contributed by atoms with E-state index in [1.54, 1.807) is 0 Å². The number of aromatic nitrogens is 1. The molecule has 1 aromatic carbocycles. The zero-order valence-corrected chi connectivity index (χ0v) is 25.7. The molecule has 1 fully saturated rings. The second-order valence-electron chi connectivity index (χ2n) is 12.1. The molecule has 0 aliphatic heterocycles. The van der Waals surface area contributed by atoms with Gasteiger partial charge in [-0.2, -0.15) is 0 Å². The molecule has 2 atom stereocenters. The summed E-state index contributed by atoms with van der Waals surface area (Å²) in [6, 6.07) is 11.1. The van der Waals surface area contributed by atoms with E-state index in [0.29, 0.717) is 11.8 Å². The van der Waals surface area contributed by atoms with Gasteiger partial charge in [-0.25, -0.2) is 0 Å². The second kappa shape index (κ2) is 15.3. The number of rotatable bonds is 15. The van der Waals surface area contributed by atoms with Gasteiger partial charge in [0.1, 0.15) is 5.75 Å². The van der Waals surface area contributed by atoms with E-state index in [9.17, 15) is 0 Å². The monoisotopic (exact) mass is 549 g/mol. The molecule has 3 N–H and O–H groups in total. The summed E-state index contributed by atoms with van der Waals surface area (Å²) in [6.45, 7) is 4.37. The Bertz CT molecular complexity index is 1040. The SMILES string of the molecule is CNCCCCCCCCCCOc1ccc(C(C)C2CCC(N)(c3ccnc4c3C=C(P)CC4)CC2)cc1. The summed E-state index contributed by atoms with van der Waals surface area (Å²) < 4.78 is 6.05. The summed E-state index contributed by atoms with van der Waals surface area (Å²) >= 11 is 0. The zero-order chi connectivity index (χ0) is 27.5. The Labute approximate surface area is 240 Å². The van der Waals surface area contributed by atoms with Crippen molar-refractivity contribution in [2.45, 2.75) is 108 Å². The fourth-order valence-electron chi connectivity index (χ4n) is 6.55. The van der Waals surface area contributed by atoms with Crippen molar-refractivity contribution in [1.82, 2.24) is 10.3 Å². The van der Waals surface area contributed by atoms with Gasteiger partial charge in [-0.1, -0.05) is 62.9 Å². The summed E-state index contributed by atoms with van der Waals surface area (Å²) in [6.07, 6.45) is 21.3. The number of ether oxygens (including phenoxy) is 1. The van der Waals surface area contributed by atoms with E-state index in [-0.39, 0.29) is 5.54 Å². The normalized spacial score (nSPS) is 21.7. The van der Waals surface area contributed by atoms with Crippen LogP contribution >= 0.6 is 9.24 Å². The number of nitrogens with two attached hydrogens (primary N) is 1. The second-order valence-corrected chi connectivity index (χ2v) is 12.8. The van der Waals surface area contributed by atoms with Crippen LogP contribution in [0.4, 0.5) is 0 Å². The highest BCUT2D eigenvalue weighted by Crippen LogP contribution is 2.45. The molecule has 0 saturated heterocycles. The number of pyridine rings is 1.